The van der Waals surface area contributed by atoms with Crippen molar-refractivity contribution in [2.45, 2.75) is 12.8 Å². The van der Waals surface area contributed by atoms with Gasteiger partial charge >= 0.3 is 0 Å². The van der Waals surface area contributed by atoms with Gasteiger partial charge in [-0.25, -0.2) is 0 Å². The zero-order valence-corrected chi connectivity index (χ0v) is 13.2. The lowest BCUT2D eigenvalue weighted by atomic mass is 9.99. The fraction of sp³-hybridized carbons (Fsp3) is 0.375. The van der Waals surface area contributed by atoms with Gasteiger partial charge in [-0.2, -0.15) is 0 Å². The van der Waals surface area contributed by atoms with Crippen LogP contribution in [0.2, 0.25) is 0 Å². The number of hydrogen-bond acceptors (Lipinski definition) is 3. The van der Waals surface area contributed by atoms with Crippen molar-refractivity contribution in [2.75, 3.05) is 25.0 Å². The molecule has 22 heavy (non-hydrogen) atoms. The summed E-state index contributed by atoms with van der Waals surface area (Å²) in [5, 5.41) is 8.83. The van der Waals surface area contributed by atoms with E-state index >= 15 is 0 Å². The maximum atomic E-state index is 12.1. The van der Waals surface area contributed by atoms with Gasteiger partial charge in [0, 0.05) is 24.3 Å². The minimum atomic E-state index is -0.149. The highest BCUT2D eigenvalue weighted by Gasteiger charge is 2.20. The first kappa shape index (κ1) is 18.2. The molecule has 1 aromatic rings. The molecular formula is C16H22ClN3O2. The van der Waals surface area contributed by atoms with Crippen LogP contribution in [0.4, 0.5) is 5.69 Å². The molecule has 1 heterocycles. The Morgan fingerprint density at radius 1 is 1.32 bits per heavy atom. The van der Waals surface area contributed by atoms with E-state index in [1.165, 1.54) is 0 Å². The van der Waals surface area contributed by atoms with E-state index in [2.05, 4.69) is 22.5 Å². The molecule has 1 aliphatic rings. The second-order valence-electron chi connectivity index (χ2n) is 5.11. The number of carbonyl (C=O) groups is 2. The van der Waals surface area contributed by atoms with Crippen molar-refractivity contribution in [1.82, 2.24) is 10.6 Å². The van der Waals surface area contributed by atoms with Gasteiger partial charge in [-0.1, -0.05) is 6.08 Å². The highest BCUT2D eigenvalue weighted by atomic mass is 35.5. The highest BCUT2D eigenvalue weighted by molar-refractivity contribution is 5.96. The Hall–Kier alpha value is -1.85. The van der Waals surface area contributed by atoms with Crippen LogP contribution in [0.5, 0.6) is 0 Å². The molecule has 120 valence electrons. The number of rotatable bonds is 5. The van der Waals surface area contributed by atoms with E-state index < -0.39 is 0 Å². The number of amides is 2. The van der Waals surface area contributed by atoms with Crippen LogP contribution in [-0.4, -0.2) is 31.4 Å². The molecule has 2 rings (SSSR count). The number of carbonyl (C=O) groups excluding carboxylic acids is 2. The summed E-state index contributed by atoms with van der Waals surface area (Å²) in [5.74, 6) is -0.0929. The van der Waals surface area contributed by atoms with Crippen LogP contribution in [0.1, 0.15) is 23.2 Å². The zero-order valence-electron chi connectivity index (χ0n) is 12.4. The first-order chi connectivity index (χ1) is 10.2. The van der Waals surface area contributed by atoms with Gasteiger partial charge in [-0.05, 0) is 43.7 Å². The van der Waals surface area contributed by atoms with Crippen LogP contribution in [0.3, 0.4) is 0 Å². The second kappa shape index (κ2) is 9.23. The summed E-state index contributed by atoms with van der Waals surface area (Å²) in [4.78, 5) is 23.8. The van der Waals surface area contributed by atoms with Crippen LogP contribution in [0, 0.1) is 5.92 Å². The van der Waals surface area contributed by atoms with Gasteiger partial charge in [0.2, 0.25) is 5.91 Å². The second-order valence-corrected chi connectivity index (χ2v) is 5.11. The van der Waals surface area contributed by atoms with Crippen LogP contribution < -0.4 is 16.0 Å². The Morgan fingerprint density at radius 3 is 2.64 bits per heavy atom. The van der Waals surface area contributed by atoms with E-state index in [0.717, 1.165) is 25.9 Å². The summed E-state index contributed by atoms with van der Waals surface area (Å²) in [7, 11) is 0. The standard InChI is InChI=1S/C16H21N3O2.ClH/c1-2-9-18-15(20)12-5-7-14(8-6-12)19-16(21)13-4-3-10-17-11-13;/h2,5-8,13,17H,1,3-4,9-11H2,(H,18,20)(H,19,21);1H. The van der Waals surface area contributed by atoms with Crippen LogP contribution in [-0.2, 0) is 4.79 Å². The number of hydrogen-bond donors (Lipinski definition) is 3. The molecule has 5 nitrogen and oxygen atoms in total. The number of benzene rings is 1. The molecule has 2 amide bonds. The maximum absolute atomic E-state index is 12.1. The molecule has 0 bridgehead atoms. The lowest BCUT2D eigenvalue weighted by Gasteiger charge is -2.21. The monoisotopic (exact) mass is 323 g/mol. The van der Waals surface area contributed by atoms with Gasteiger partial charge in [0.15, 0.2) is 0 Å². The van der Waals surface area contributed by atoms with E-state index in [-0.39, 0.29) is 30.1 Å². The van der Waals surface area contributed by atoms with E-state index in [1.54, 1.807) is 30.3 Å². The van der Waals surface area contributed by atoms with Crippen LogP contribution >= 0.6 is 12.4 Å². The van der Waals surface area contributed by atoms with Crippen molar-refractivity contribution in [3.05, 3.63) is 42.5 Å². The largest absolute Gasteiger partial charge is 0.349 e. The number of piperidine rings is 1. The molecule has 0 saturated carbocycles. The quantitative estimate of drug-likeness (QED) is 0.725. The molecule has 1 unspecified atom stereocenters. The lowest BCUT2D eigenvalue weighted by molar-refractivity contribution is -0.120. The summed E-state index contributed by atoms with van der Waals surface area (Å²) >= 11 is 0. The van der Waals surface area contributed by atoms with Gasteiger partial charge in [0.25, 0.3) is 5.91 Å². The molecule has 0 aliphatic carbocycles. The maximum Gasteiger partial charge on any atom is 0.251 e. The molecule has 6 heteroatoms. The third-order valence-corrected chi connectivity index (χ3v) is 3.49. The highest BCUT2D eigenvalue weighted by Crippen LogP contribution is 2.15. The van der Waals surface area contributed by atoms with Crippen LogP contribution in [0.15, 0.2) is 36.9 Å². The summed E-state index contributed by atoms with van der Waals surface area (Å²) < 4.78 is 0. The van der Waals surface area contributed by atoms with Crippen molar-refractivity contribution in [3.63, 3.8) is 0 Å². The smallest absolute Gasteiger partial charge is 0.251 e. The van der Waals surface area contributed by atoms with E-state index in [9.17, 15) is 9.59 Å². The summed E-state index contributed by atoms with van der Waals surface area (Å²) in [5.41, 5.74) is 1.28. The predicted octanol–water partition coefficient (Wildman–Crippen LogP) is 1.96. The first-order valence-electron chi connectivity index (χ1n) is 7.21. The molecule has 1 saturated heterocycles. The van der Waals surface area contributed by atoms with Crippen molar-refractivity contribution in [3.8, 4) is 0 Å². The number of nitrogens with one attached hydrogen (secondary N) is 3. The topological polar surface area (TPSA) is 70.2 Å². The molecule has 0 radical (unpaired) electrons. The molecule has 0 spiro atoms. The Kier molecular flexibility index (Phi) is 7.63. The van der Waals surface area contributed by atoms with Gasteiger partial charge in [0.1, 0.15) is 0 Å². The Morgan fingerprint density at radius 2 is 2.05 bits per heavy atom. The fourth-order valence-corrected chi connectivity index (χ4v) is 2.29. The van der Waals surface area contributed by atoms with Crippen molar-refractivity contribution >= 4 is 29.9 Å². The third kappa shape index (κ3) is 5.16. The normalized spacial score (nSPS) is 17.0. The van der Waals surface area contributed by atoms with Crippen molar-refractivity contribution in [1.29, 1.82) is 0 Å². The van der Waals surface area contributed by atoms with Gasteiger partial charge in [-0.15, -0.1) is 19.0 Å². The predicted molar refractivity (Wildman–Crippen MR) is 90.4 cm³/mol. The molecular weight excluding hydrogens is 302 g/mol. The number of anilines is 1. The molecule has 1 aliphatic heterocycles. The fourth-order valence-electron chi connectivity index (χ4n) is 2.29. The average Bonchev–Trinajstić information content (AvgIpc) is 2.54. The Bertz CT molecular complexity index is 511. The lowest BCUT2D eigenvalue weighted by Crippen LogP contribution is -2.37. The van der Waals surface area contributed by atoms with Gasteiger partial charge in [0.05, 0.1) is 5.92 Å². The minimum Gasteiger partial charge on any atom is -0.349 e. The Balaban J connectivity index is 0.00000242. The van der Waals surface area contributed by atoms with E-state index in [1.807, 2.05) is 0 Å². The van der Waals surface area contributed by atoms with E-state index in [0.29, 0.717) is 17.8 Å². The van der Waals surface area contributed by atoms with Crippen LogP contribution in [0.25, 0.3) is 0 Å². The average molecular weight is 324 g/mol. The summed E-state index contributed by atoms with van der Waals surface area (Å²) in [6.45, 7) is 5.70. The SMILES string of the molecule is C=CCNC(=O)c1ccc(NC(=O)C2CCCNC2)cc1.Cl. The molecule has 0 aromatic heterocycles. The minimum absolute atomic E-state index is 0. The molecule has 1 aromatic carbocycles. The van der Waals surface area contributed by atoms with Gasteiger partial charge in [-0.3, -0.25) is 9.59 Å². The Labute approximate surface area is 137 Å². The molecule has 3 N–H and O–H groups in total. The van der Waals surface area contributed by atoms with E-state index in [4.69, 9.17) is 0 Å². The zero-order chi connectivity index (χ0) is 15.1. The number of halogens is 1. The third-order valence-electron chi connectivity index (χ3n) is 3.49. The molecule has 1 fully saturated rings. The molecule has 1 atom stereocenters. The first-order valence-corrected chi connectivity index (χ1v) is 7.21. The van der Waals surface area contributed by atoms with Crippen molar-refractivity contribution in [2.24, 2.45) is 5.92 Å². The van der Waals surface area contributed by atoms with Crippen molar-refractivity contribution < 1.29 is 9.59 Å². The summed E-state index contributed by atoms with van der Waals surface area (Å²) in [6, 6.07) is 6.90. The summed E-state index contributed by atoms with van der Waals surface area (Å²) in [6.07, 6.45) is 3.58. The van der Waals surface area contributed by atoms with Gasteiger partial charge < -0.3 is 16.0 Å².